The molecule has 0 aliphatic rings. The smallest absolute Gasteiger partial charge is 0.313 e. The van der Waals surface area contributed by atoms with Gasteiger partial charge in [-0.15, -0.1) is 0 Å². The van der Waals surface area contributed by atoms with E-state index in [1.54, 1.807) is 25.1 Å². The molecule has 0 atom stereocenters. The van der Waals surface area contributed by atoms with E-state index >= 15 is 0 Å². The van der Waals surface area contributed by atoms with Crippen molar-refractivity contribution in [3.05, 3.63) is 58.1 Å². The monoisotopic (exact) mass is 409 g/mol. The average Bonchev–Trinajstić information content (AvgIpc) is 2.57. The van der Waals surface area contributed by atoms with Gasteiger partial charge in [-0.1, -0.05) is 29.8 Å². The number of primary sulfonamides is 1. The molecule has 144 valence electrons. The molecule has 0 radical (unpaired) electrons. The van der Waals surface area contributed by atoms with Gasteiger partial charge in [-0.05, 0) is 55.2 Å². The van der Waals surface area contributed by atoms with E-state index in [1.807, 2.05) is 13.0 Å². The molecule has 2 aromatic rings. The Kier molecular flexibility index (Phi) is 6.59. The summed E-state index contributed by atoms with van der Waals surface area (Å²) in [6, 6.07) is 9.53. The number of hydrogen-bond donors (Lipinski definition) is 3. The standard InChI is InChI=1S/C18H20ClN3O4S/c1-11-9-12(2)16(15(19)10-11)22-18(24)17(23)21-8-7-13-3-5-14(6-4-13)27(20,25)26/h3-6,9-10H,7-8H2,1-2H3,(H,21,23)(H,22,24)(H2,20,25,26). The number of carbonyl (C=O) groups is 2. The maximum absolute atomic E-state index is 12.0. The van der Waals surface area contributed by atoms with Crippen LogP contribution in [0.4, 0.5) is 5.69 Å². The van der Waals surface area contributed by atoms with Crippen LogP contribution in [0.15, 0.2) is 41.3 Å². The van der Waals surface area contributed by atoms with E-state index in [1.165, 1.54) is 12.1 Å². The maximum Gasteiger partial charge on any atom is 0.313 e. The molecule has 0 heterocycles. The number of nitrogens with two attached hydrogens (primary N) is 1. The molecule has 2 amide bonds. The van der Waals surface area contributed by atoms with Crippen LogP contribution in [-0.4, -0.2) is 26.8 Å². The third-order valence-corrected chi connectivity index (χ3v) is 5.05. The Morgan fingerprint density at radius 2 is 1.70 bits per heavy atom. The molecule has 0 fully saturated rings. The van der Waals surface area contributed by atoms with Gasteiger partial charge in [0.25, 0.3) is 0 Å². The molecular weight excluding hydrogens is 390 g/mol. The SMILES string of the molecule is Cc1cc(C)c(NC(=O)C(=O)NCCc2ccc(S(N)(=O)=O)cc2)c(Cl)c1. The minimum atomic E-state index is -3.74. The largest absolute Gasteiger partial charge is 0.347 e. The molecule has 9 heteroatoms. The summed E-state index contributed by atoms with van der Waals surface area (Å²) in [5.74, 6) is -1.60. The molecule has 0 unspecified atom stereocenters. The van der Waals surface area contributed by atoms with E-state index < -0.39 is 21.8 Å². The van der Waals surface area contributed by atoms with Crippen LogP contribution in [0, 0.1) is 13.8 Å². The second kappa shape index (κ2) is 8.51. The zero-order chi connectivity index (χ0) is 20.2. The van der Waals surface area contributed by atoms with Crippen molar-refractivity contribution in [2.24, 2.45) is 5.14 Å². The van der Waals surface area contributed by atoms with E-state index in [0.717, 1.165) is 16.7 Å². The fourth-order valence-electron chi connectivity index (χ4n) is 2.49. The summed E-state index contributed by atoms with van der Waals surface area (Å²) in [6.45, 7) is 3.88. The highest BCUT2D eigenvalue weighted by molar-refractivity contribution is 7.89. The summed E-state index contributed by atoms with van der Waals surface area (Å²) in [4.78, 5) is 24.0. The second-order valence-corrected chi connectivity index (χ2v) is 8.06. The van der Waals surface area contributed by atoms with Crippen LogP contribution in [0.1, 0.15) is 16.7 Å². The van der Waals surface area contributed by atoms with Gasteiger partial charge < -0.3 is 10.6 Å². The van der Waals surface area contributed by atoms with Gasteiger partial charge in [0.05, 0.1) is 15.6 Å². The van der Waals surface area contributed by atoms with Gasteiger partial charge in [-0.25, -0.2) is 13.6 Å². The molecule has 0 aliphatic carbocycles. The van der Waals surface area contributed by atoms with Gasteiger partial charge in [0.1, 0.15) is 0 Å². The molecule has 0 aliphatic heterocycles. The van der Waals surface area contributed by atoms with Crippen LogP contribution in [0.25, 0.3) is 0 Å². The lowest BCUT2D eigenvalue weighted by Gasteiger charge is -2.11. The summed E-state index contributed by atoms with van der Waals surface area (Å²) >= 11 is 6.11. The Hall–Kier alpha value is -2.42. The first-order valence-corrected chi connectivity index (χ1v) is 9.98. The molecule has 0 saturated heterocycles. The zero-order valence-electron chi connectivity index (χ0n) is 14.9. The molecule has 27 heavy (non-hydrogen) atoms. The highest BCUT2D eigenvalue weighted by atomic mass is 35.5. The predicted molar refractivity (Wildman–Crippen MR) is 104 cm³/mol. The second-order valence-electron chi connectivity index (χ2n) is 6.09. The maximum atomic E-state index is 12.0. The number of sulfonamides is 1. The minimum absolute atomic E-state index is 0.0139. The number of amides is 2. The van der Waals surface area contributed by atoms with Crippen molar-refractivity contribution in [3.63, 3.8) is 0 Å². The quantitative estimate of drug-likeness (QED) is 0.653. The normalized spacial score (nSPS) is 11.1. The van der Waals surface area contributed by atoms with E-state index in [2.05, 4.69) is 10.6 Å². The fourth-order valence-corrected chi connectivity index (χ4v) is 3.37. The lowest BCUT2D eigenvalue weighted by atomic mass is 10.1. The van der Waals surface area contributed by atoms with Crippen LogP contribution >= 0.6 is 11.6 Å². The van der Waals surface area contributed by atoms with Gasteiger partial charge in [0, 0.05) is 6.54 Å². The number of anilines is 1. The molecule has 0 spiro atoms. The summed E-state index contributed by atoms with van der Waals surface area (Å²) < 4.78 is 22.4. The third kappa shape index (κ3) is 5.78. The summed E-state index contributed by atoms with van der Waals surface area (Å²) in [7, 11) is -3.74. The van der Waals surface area contributed by atoms with Gasteiger partial charge in [-0.3, -0.25) is 9.59 Å². The minimum Gasteiger partial charge on any atom is -0.347 e. The molecule has 0 saturated carbocycles. The van der Waals surface area contributed by atoms with E-state index in [9.17, 15) is 18.0 Å². The molecular formula is C18H20ClN3O4S. The topological polar surface area (TPSA) is 118 Å². The Balaban J connectivity index is 1.89. The number of nitrogens with one attached hydrogen (secondary N) is 2. The van der Waals surface area contributed by atoms with Crippen LogP contribution in [0.3, 0.4) is 0 Å². The Morgan fingerprint density at radius 3 is 2.26 bits per heavy atom. The Labute approximate surface area is 163 Å². The lowest BCUT2D eigenvalue weighted by molar-refractivity contribution is -0.136. The summed E-state index contributed by atoms with van der Waals surface area (Å²) in [6.07, 6.45) is 0.425. The number of aryl methyl sites for hydroxylation is 2. The van der Waals surface area contributed by atoms with Crippen LogP contribution in [0.5, 0.6) is 0 Å². The predicted octanol–water partition coefficient (Wildman–Crippen LogP) is 1.90. The van der Waals surface area contributed by atoms with Crippen LogP contribution in [0.2, 0.25) is 5.02 Å². The molecule has 0 bridgehead atoms. The van der Waals surface area contributed by atoms with E-state index in [0.29, 0.717) is 17.1 Å². The number of halogens is 1. The van der Waals surface area contributed by atoms with Crippen molar-refractivity contribution < 1.29 is 18.0 Å². The molecule has 7 nitrogen and oxygen atoms in total. The van der Waals surface area contributed by atoms with Crippen LogP contribution < -0.4 is 15.8 Å². The summed E-state index contributed by atoms with van der Waals surface area (Å²) in [5.41, 5.74) is 2.91. The number of hydrogen-bond acceptors (Lipinski definition) is 4. The van der Waals surface area contributed by atoms with E-state index in [4.69, 9.17) is 16.7 Å². The first-order chi connectivity index (χ1) is 12.6. The lowest BCUT2D eigenvalue weighted by Crippen LogP contribution is -2.36. The molecule has 2 rings (SSSR count). The van der Waals surface area contributed by atoms with Crippen molar-refractivity contribution in [1.29, 1.82) is 0 Å². The van der Waals surface area contributed by atoms with Crippen molar-refractivity contribution in [2.75, 3.05) is 11.9 Å². The van der Waals surface area contributed by atoms with Gasteiger partial charge in [0.15, 0.2) is 0 Å². The zero-order valence-corrected chi connectivity index (χ0v) is 16.4. The summed E-state index contributed by atoms with van der Waals surface area (Å²) in [5, 5.41) is 10.4. The first kappa shape index (κ1) is 20.9. The number of rotatable bonds is 5. The highest BCUT2D eigenvalue weighted by Crippen LogP contribution is 2.27. The molecule has 2 aromatic carbocycles. The third-order valence-electron chi connectivity index (χ3n) is 3.83. The van der Waals surface area contributed by atoms with Crippen molar-refractivity contribution in [1.82, 2.24) is 5.32 Å². The Morgan fingerprint density at radius 1 is 1.07 bits per heavy atom. The first-order valence-electron chi connectivity index (χ1n) is 8.05. The van der Waals surface area contributed by atoms with Gasteiger partial charge >= 0.3 is 11.8 Å². The average molecular weight is 410 g/mol. The Bertz CT molecular complexity index is 950. The van der Waals surface area contributed by atoms with Gasteiger partial charge in [-0.2, -0.15) is 0 Å². The number of carbonyl (C=O) groups excluding carboxylic acids is 2. The molecule has 0 aromatic heterocycles. The fraction of sp³-hybridized carbons (Fsp3) is 0.222. The molecule has 4 N–H and O–H groups in total. The van der Waals surface area contributed by atoms with Crippen molar-refractivity contribution in [2.45, 2.75) is 25.2 Å². The van der Waals surface area contributed by atoms with E-state index in [-0.39, 0.29) is 11.4 Å². The highest BCUT2D eigenvalue weighted by Gasteiger charge is 2.16. The number of benzene rings is 2. The van der Waals surface area contributed by atoms with Gasteiger partial charge in [0.2, 0.25) is 10.0 Å². The van der Waals surface area contributed by atoms with Crippen LogP contribution in [-0.2, 0) is 26.0 Å². The van der Waals surface area contributed by atoms with Crippen molar-refractivity contribution in [3.8, 4) is 0 Å². The van der Waals surface area contributed by atoms with Crippen molar-refractivity contribution >= 4 is 39.1 Å².